The number of amides is 1. The van der Waals surface area contributed by atoms with Crippen molar-refractivity contribution in [3.8, 4) is 5.75 Å². The van der Waals surface area contributed by atoms with Crippen LogP contribution in [0.4, 0.5) is 10.5 Å². The molecule has 1 aromatic carbocycles. The van der Waals surface area contributed by atoms with Crippen LogP contribution in [0.25, 0.3) is 0 Å². The lowest BCUT2D eigenvalue weighted by atomic mass is 10.0. The number of carbonyl (C=O) groups excluding carboxylic acids is 1. The summed E-state index contributed by atoms with van der Waals surface area (Å²) in [5.74, 6) is 0.713. The minimum atomic E-state index is -0.545. The van der Waals surface area contributed by atoms with Crippen LogP contribution in [0, 0.1) is 0 Å². The molecule has 0 bridgehead atoms. The third kappa shape index (κ3) is 6.49. The van der Waals surface area contributed by atoms with Crippen LogP contribution in [0.2, 0.25) is 0 Å². The summed E-state index contributed by atoms with van der Waals surface area (Å²) in [5, 5.41) is 12.2. The lowest BCUT2D eigenvalue weighted by molar-refractivity contribution is 0.0636. The van der Waals surface area contributed by atoms with E-state index in [1.807, 2.05) is 26.8 Å². The van der Waals surface area contributed by atoms with Gasteiger partial charge in [-0.3, -0.25) is 5.32 Å². The smallest absolute Gasteiger partial charge is 0.412 e. The molecule has 1 aromatic rings. The third-order valence-electron chi connectivity index (χ3n) is 2.78. The maximum atomic E-state index is 11.9. The Labute approximate surface area is 126 Å². The highest BCUT2D eigenvalue weighted by Crippen LogP contribution is 2.24. The molecule has 0 aromatic heterocycles. The van der Waals surface area contributed by atoms with Crippen molar-refractivity contribution in [3.63, 3.8) is 0 Å². The van der Waals surface area contributed by atoms with Crippen LogP contribution in [-0.4, -0.2) is 30.0 Å². The van der Waals surface area contributed by atoms with E-state index < -0.39 is 17.8 Å². The fourth-order valence-corrected chi connectivity index (χ4v) is 1.80. The zero-order valence-electron chi connectivity index (χ0n) is 13.4. The van der Waals surface area contributed by atoms with Gasteiger partial charge >= 0.3 is 6.09 Å². The first-order valence-electron chi connectivity index (χ1n) is 7.06. The lowest BCUT2D eigenvalue weighted by Gasteiger charge is -2.20. The first-order valence-corrected chi connectivity index (χ1v) is 7.06. The number of carbonyl (C=O) groups is 1. The molecular weight excluding hydrogens is 270 g/mol. The van der Waals surface area contributed by atoms with Gasteiger partial charge in [-0.15, -0.1) is 0 Å². The van der Waals surface area contributed by atoms with Crippen molar-refractivity contribution in [2.45, 2.75) is 52.2 Å². The molecule has 5 nitrogen and oxygen atoms in total. The average Bonchev–Trinajstić information content (AvgIpc) is 2.35. The molecule has 118 valence electrons. The van der Waals surface area contributed by atoms with E-state index >= 15 is 0 Å². The molecule has 0 aliphatic heterocycles. The molecular formula is C16H25NO4. The molecule has 0 saturated carbocycles. The van der Waals surface area contributed by atoms with Crippen LogP contribution in [0.15, 0.2) is 18.2 Å². The highest BCUT2D eigenvalue weighted by molar-refractivity contribution is 5.86. The van der Waals surface area contributed by atoms with Gasteiger partial charge in [0, 0.05) is 5.69 Å². The van der Waals surface area contributed by atoms with Crippen LogP contribution in [0.3, 0.4) is 0 Å². The summed E-state index contributed by atoms with van der Waals surface area (Å²) in [7, 11) is 1.59. The summed E-state index contributed by atoms with van der Waals surface area (Å²) >= 11 is 0. The monoisotopic (exact) mass is 295 g/mol. The number of methoxy groups -OCH3 is 1. The zero-order chi connectivity index (χ0) is 16.0. The molecule has 0 aliphatic carbocycles. The zero-order valence-corrected chi connectivity index (χ0v) is 13.4. The van der Waals surface area contributed by atoms with Crippen LogP contribution in [0.1, 0.15) is 39.7 Å². The van der Waals surface area contributed by atoms with Crippen molar-refractivity contribution < 1.29 is 19.4 Å². The molecule has 0 spiro atoms. The van der Waals surface area contributed by atoms with Crippen molar-refractivity contribution >= 4 is 11.8 Å². The summed E-state index contributed by atoms with van der Waals surface area (Å²) in [6.07, 6.45) is 0.354. The van der Waals surface area contributed by atoms with E-state index in [4.69, 9.17) is 9.47 Å². The second kappa shape index (κ2) is 7.31. The summed E-state index contributed by atoms with van der Waals surface area (Å²) in [6, 6.07) is 5.41. The van der Waals surface area contributed by atoms with Gasteiger partial charge in [0.25, 0.3) is 0 Å². The second-order valence-corrected chi connectivity index (χ2v) is 6.04. The van der Waals surface area contributed by atoms with Crippen molar-refractivity contribution in [2.75, 3.05) is 12.4 Å². The van der Waals surface area contributed by atoms with E-state index in [0.29, 0.717) is 24.3 Å². The van der Waals surface area contributed by atoms with Gasteiger partial charge in [0.1, 0.15) is 11.4 Å². The Morgan fingerprint density at radius 1 is 1.38 bits per heavy atom. The molecule has 0 aliphatic rings. The largest absolute Gasteiger partial charge is 0.497 e. The third-order valence-corrected chi connectivity index (χ3v) is 2.78. The van der Waals surface area contributed by atoms with Crippen molar-refractivity contribution in [1.29, 1.82) is 0 Å². The van der Waals surface area contributed by atoms with Gasteiger partial charge < -0.3 is 14.6 Å². The maximum Gasteiger partial charge on any atom is 0.412 e. The molecule has 0 unspecified atom stereocenters. The minimum Gasteiger partial charge on any atom is -0.497 e. The number of benzene rings is 1. The van der Waals surface area contributed by atoms with E-state index in [2.05, 4.69) is 5.32 Å². The fourth-order valence-electron chi connectivity index (χ4n) is 1.80. The molecule has 21 heavy (non-hydrogen) atoms. The molecule has 1 amide bonds. The number of nitrogens with one attached hydrogen (secondary N) is 1. The molecule has 2 N–H and O–H groups in total. The molecule has 0 saturated heterocycles. The van der Waals surface area contributed by atoms with Gasteiger partial charge in [-0.1, -0.05) is 0 Å². The van der Waals surface area contributed by atoms with Crippen LogP contribution >= 0.6 is 0 Å². The number of anilines is 1. The fraction of sp³-hybridized carbons (Fsp3) is 0.562. The number of hydrogen-bond acceptors (Lipinski definition) is 4. The Bertz CT molecular complexity index is 478. The van der Waals surface area contributed by atoms with Crippen molar-refractivity contribution in [1.82, 2.24) is 0 Å². The van der Waals surface area contributed by atoms with Gasteiger partial charge in [0.2, 0.25) is 0 Å². The predicted molar refractivity (Wildman–Crippen MR) is 82.9 cm³/mol. The predicted octanol–water partition coefficient (Wildman–Crippen LogP) is 3.36. The lowest BCUT2D eigenvalue weighted by Crippen LogP contribution is -2.27. The Morgan fingerprint density at radius 2 is 2.05 bits per heavy atom. The molecule has 0 radical (unpaired) electrons. The van der Waals surface area contributed by atoms with Crippen LogP contribution < -0.4 is 10.1 Å². The van der Waals surface area contributed by atoms with E-state index in [1.54, 1.807) is 26.2 Å². The molecule has 1 atom stereocenters. The van der Waals surface area contributed by atoms with Gasteiger partial charge in [0.15, 0.2) is 0 Å². The SMILES string of the molecule is COc1ccc(NC(=O)OC(C)(C)C)c(CC[C@@H](C)O)c1. The number of hydrogen-bond donors (Lipinski definition) is 2. The molecule has 0 fully saturated rings. The standard InChI is InChI=1S/C16H25NO4/c1-11(18)6-7-12-10-13(20-5)8-9-14(12)17-15(19)21-16(2,3)4/h8-11,18H,6-7H2,1-5H3,(H,17,19)/t11-/m1/s1. The molecule has 5 heteroatoms. The van der Waals surface area contributed by atoms with E-state index in [9.17, 15) is 9.90 Å². The highest BCUT2D eigenvalue weighted by atomic mass is 16.6. The summed E-state index contributed by atoms with van der Waals surface area (Å²) < 4.78 is 10.4. The average molecular weight is 295 g/mol. The van der Waals surface area contributed by atoms with E-state index in [1.165, 1.54) is 0 Å². The molecule has 0 heterocycles. The minimum absolute atomic E-state index is 0.398. The first kappa shape index (κ1) is 17.3. The Morgan fingerprint density at radius 3 is 2.57 bits per heavy atom. The Balaban J connectivity index is 2.86. The summed E-state index contributed by atoms with van der Waals surface area (Å²) in [6.45, 7) is 7.18. The Hall–Kier alpha value is -1.75. The van der Waals surface area contributed by atoms with E-state index in [0.717, 1.165) is 5.56 Å². The van der Waals surface area contributed by atoms with Crippen molar-refractivity contribution in [2.24, 2.45) is 0 Å². The topological polar surface area (TPSA) is 67.8 Å². The van der Waals surface area contributed by atoms with Gasteiger partial charge in [-0.2, -0.15) is 0 Å². The van der Waals surface area contributed by atoms with Gasteiger partial charge in [0.05, 0.1) is 13.2 Å². The number of aryl methyl sites for hydroxylation is 1. The number of aliphatic hydroxyl groups excluding tert-OH is 1. The van der Waals surface area contributed by atoms with Crippen LogP contribution in [0.5, 0.6) is 5.75 Å². The normalized spacial score (nSPS) is 12.7. The Kier molecular flexibility index (Phi) is 6.03. The number of aliphatic hydroxyl groups is 1. The maximum absolute atomic E-state index is 11.9. The highest BCUT2D eigenvalue weighted by Gasteiger charge is 2.17. The van der Waals surface area contributed by atoms with Gasteiger partial charge in [-0.25, -0.2) is 4.79 Å². The number of rotatable bonds is 5. The molecule has 1 rings (SSSR count). The summed E-state index contributed by atoms with van der Waals surface area (Å²) in [4.78, 5) is 11.9. The van der Waals surface area contributed by atoms with E-state index in [-0.39, 0.29) is 0 Å². The quantitative estimate of drug-likeness (QED) is 0.874. The first-order chi connectivity index (χ1) is 9.71. The van der Waals surface area contributed by atoms with Gasteiger partial charge in [-0.05, 0) is 64.3 Å². The summed E-state index contributed by atoms with van der Waals surface area (Å²) in [5.41, 5.74) is 1.03. The van der Waals surface area contributed by atoms with Crippen LogP contribution in [-0.2, 0) is 11.2 Å². The van der Waals surface area contributed by atoms with Crippen molar-refractivity contribution in [3.05, 3.63) is 23.8 Å². The number of ether oxygens (including phenoxy) is 2. The second-order valence-electron chi connectivity index (χ2n) is 6.04.